The van der Waals surface area contributed by atoms with Crippen LogP contribution in [0.4, 0.5) is 0 Å². The molecular formula is C38H44O9S2. The van der Waals surface area contributed by atoms with Crippen molar-refractivity contribution in [2.24, 2.45) is 0 Å². The SMILES string of the molecule is Cc1ccc(S(=O)(=O)[O-])cc1.Cc1ccccc1[S+](c1ccc(OCC(=O)OC(C)(C)C)cc1)c1ccc(OCC(=O)OC(C)(C)C)cc1. The Morgan fingerprint density at radius 2 is 1.04 bits per heavy atom. The molecule has 0 spiro atoms. The van der Waals surface area contributed by atoms with Crippen LogP contribution in [-0.2, 0) is 40.1 Å². The van der Waals surface area contributed by atoms with Crippen molar-refractivity contribution in [3.63, 3.8) is 0 Å². The van der Waals surface area contributed by atoms with Crippen molar-refractivity contribution < 1.29 is 41.5 Å². The fourth-order valence-corrected chi connectivity index (χ4v) is 6.92. The molecule has 262 valence electrons. The summed E-state index contributed by atoms with van der Waals surface area (Å²) in [7, 11) is -4.66. The molecule has 9 nitrogen and oxygen atoms in total. The van der Waals surface area contributed by atoms with Crippen LogP contribution >= 0.6 is 0 Å². The topological polar surface area (TPSA) is 128 Å². The molecule has 0 saturated carbocycles. The van der Waals surface area contributed by atoms with Crippen LogP contribution in [0.5, 0.6) is 11.5 Å². The van der Waals surface area contributed by atoms with Gasteiger partial charge in [0.2, 0.25) is 0 Å². The van der Waals surface area contributed by atoms with Gasteiger partial charge >= 0.3 is 11.9 Å². The summed E-state index contributed by atoms with van der Waals surface area (Å²) in [6.07, 6.45) is 0. The van der Waals surface area contributed by atoms with Gasteiger partial charge in [0.25, 0.3) is 0 Å². The molecule has 0 saturated heterocycles. The molecule has 4 aromatic carbocycles. The van der Waals surface area contributed by atoms with Gasteiger partial charge < -0.3 is 23.5 Å². The maximum atomic E-state index is 12.0. The van der Waals surface area contributed by atoms with E-state index < -0.39 is 33.3 Å². The number of ether oxygens (including phenoxy) is 4. The number of benzene rings is 4. The zero-order valence-corrected chi connectivity index (χ0v) is 30.8. The molecule has 0 heterocycles. The summed E-state index contributed by atoms with van der Waals surface area (Å²) in [4.78, 5) is 27.2. The third kappa shape index (κ3) is 13.6. The fraction of sp³-hybridized carbons (Fsp3) is 0.316. The number of carbonyl (C=O) groups excluding carboxylic acids is 2. The molecule has 0 unspecified atom stereocenters. The van der Waals surface area contributed by atoms with E-state index in [1.165, 1.54) is 22.6 Å². The molecule has 4 rings (SSSR count). The molecule has 0 radical (unpaired) electrons. The van der Waals surface area contributed by atoms with Crippen LogP contribution in [0.1, 0.15) is 52.7 Å². The first kappa shape index (κ1) is 39.1. The van der Waals surface area contributed by atoms with E-state index in [1.54, 1.807) is 12.1 Å². The average Bonchev–Trinajstić information content (AvgIpc) is 3.00. The van der Waals surface area contributed by atoms with E-state index in [0.29, 0.717) is 11.5 Å². The molecule has 0 bridgehead atoms. The van der Waals surface area contributed by atoms with Gasteiger partial charge in [0.05, 0.1) is 15.8 Å². The van der Waals surface area contributed by atoms with Crippen LogP contribution in [-0.4, -0.2) is 49.3 Å². The van der Waals surface area contributed by atoms with Crippen LogP contribution in [0.15, 0.2) is 117 Å². The lowest BCUT2D eigenvalue weighted by molar-refractivity contribution is -0.158. The third-order valence-corrected chi connectivity index (χ3v) is 9.53. The standard InChI is InChI=1S/C31H37O6S.C7H8O3S/c1-22-10-8-9-11-27(22)38(25-16-12-23(13-17-25)34-20-28(32)36-30(2,3)4)26-18-14-24(15-19-26)35-21-29(33)37-31(5,6)7;1-6-2-4-7(5-3-6)11(8,9)10/h8-19H,20-21H2,1-7H3;2-5H,1H3,(H,8,9,10)/q+1;/p-1. The first-order chi connectivity index (χ1) is 22.8. The predicted molar refractivity (Wildman–Crippen MR) is 188 cm³/mol. The third-order valence-electron chi connectivity index (χ3n) is 6.30. The minimum absolute atomic E-state index is 0.148. The van der Waals surface area contributed by atoms with Crippen LogP contribution in [0, 0.1) is 13.8 Å². The van der Waals surface area contributed by atoms with Crippen molar-refractivity contribution in [2.75, 3.05) is 13.2 Å². The first-order valence-corrected chi connectivity index (χ1v) is 18.2. The first-order valence-electron chi connectivity index (χ1n) is 15.5. The van der Waals surface area contributed by atoms with Crippen molar-refractivity contribution in [1.82, 2.24) is 0 Å². The molecule has 49 heavy (non-hydrogen) atoms. The van der Waals surface area contributed by atoms with E-state index >= 15 is 0 Å². The van der Waals surface area contributed by atoms with Crippen LogP contribution in [0.25, 0.3) is 0 Å². The van der Waals surface area contributed by atoms with Gasteiger partial charge in [0, 0.05) is 5.56 Å². The van der Waals surface area contributed by atoms with E-state index in [-0.39, 0.29) is 29.0 Å². The van der Waals surface area contributed by atoms with E-state index in [0.717, 1.165) is 15.4 Å². The summed E-state index contributed by atoms with van der Waals surface area (Å²) in [5.41, 5.74) is 1.01. The Balaban J connectivity index is 0.000000501. The maximum absolute atomic E-state index is 12.0. The molecular weight excluding hydrogens is 665 g/mol. The molecule has 0 amide bonds. The van der Waals surface area contributed by atoms with E-state index in [9.17, 15) is 22.6 Å². The molecule has 0 fully saturated rings. The van der Waals surface area contributed by atoms with Gasteiger partial charge in [-0.05, 0) is 122 Å². The van der Waals surface area contributed by atoms with Gasteiger partial charge in [0.1, 0.15) is 32.8 Å². The van der Waals surface area contributed by atoms with Gasteiger partial charge in [-0.3, -0.25) is 0 Å². The Hall–Kier alpha value is -4.32. The molecule has 0 aromatic heterocycles. The average molecular weight is 709 g/mol. The smallest absolute Gasteiger partial charge is 0.344 e. The monoisotopic (exact) mass is 708 g/mol. The van der Waals surface area contributed by atoms with Gasteiger partial charge in [-0.25, -0.2) is 18.0 Å². The molecule has 0 aliphatic heterocycles. The molecule has 11 heteroatoms. The summed E-state index contributed by atoms with van der Waals surface area (Å²) in [5, 5.41) is 0. The van der Waals surface area contributed by atoms with E-state index in [2.05, 4.69) is 19.1 Å². The number of aryl methyl sites for hydroxylation is 2. The number of carbonyl (C=O) groups is 2. The van der Waals surface area contributed by atoms with Gasteiger partial charge in [-0.1, -0.05) is 35.9 Å². The van der Waals surface area contributed by atoms with Gasteiger partial charge in [0.15, 0.2) is 27.9 Å². The molecule has 0 N–H and O–H groups in total. The number of hydrogen-bond acceptors (Lipinski definition) is 9. The van der Waals surface area contributed by atoms with Crippen molar-refractivity contribution in [3.05, 3.63) is 108 Å². The lowest BCUT2D eigenvalue weighted by Crippen LogP contribution is -2.27. The summed E-state index contributed by atoms with van der Waals surface area (Å²) in [6, 6.07) is 29.7. The number of rotatable bonds is 10. The number of hydrogen-bond donors (Lipinski definition) is 0. The second-order valence-corrected chi connectivity index (χ2v) is 16.4. The lowest BCUT2D eigenvalue weighted by atomic mass is 10.2. The highest BCUT2D eigenvalue weighted by atomic mass is 32.2. The van der Waals surface area contributed by atoms with E-state index in [4.69, 9.17) is 18.9 Å². The minimum Gasteiger partial charge on any atom is -0.744 e. The van der Waals surface area contributed by atoms with Crippen molar-refractivity contribution in [1.29, 1.82) is 0 Å². The van der Waals surface area contributed by atoms with Gasteiger partial charge in [-0.15, -0.1) is 0 Å². The highest BCUT2D eigenvalue weighted by Crippen LogP contribution is 2.34. The van der Waals surface area contributed by atoms with Crippen LogP contribution < -0.4 is 9.47 Å². The Morgan fingerprint density at radius 1 is 0.633 bits per heavy atom. The normalized spacial score (nSPS) is 11.6. The molecule has 4 aromatic rings. The summed E-state index contributed by atoms with van der Waals surface area (Å²) in [6.45, 7) is 14.6. The Morgan fingerprint density at radius 3 is 1.41 bits per heavy atom. The summed E-state index contributed by atoms with van der Waals surface area (Å²) < 4.78 is 53.1. The highest BCUT2D eigenvalue weighted by Gasteiger charge is 2.30. The van der Waals surface area contributed by atoms with Gasteiger partial charge in [-0.2, -0.15) is 0 Å². The second-order valence-electron chi connectivity index (χ2n) is 13.0. The maximum Gasteiger partial charge on any atom is 0.344 e. The molecule has 0 aliphatic carbocycles. The number of esters is 2. The Bertz CT molecular complexity index is 1710. The zero-order chi connectivity index (χ0) is 36.4. The Labute approximate surface area is 292 Å². The molecule has 0 aliphatic rings. The zero-order valence-electron chi connectivity index (χ0n) is 29.1. The van der Waals surface area contributed by atoms with Crippen molar-refractivity contribution in [2.45, 2.75) is 86.2 Å². The fourth-order valence-electron chi connectivity index (χ4n) is 4.25. The quantitative estimate of drug-likeness (QED) is 0.0939. The Kier molecular flexibility index (Phi) is 13.5. The summed E-state index contributed by atoms with van der Waals surface area (Å²) in [5.74, 6) is 0.378. The van der Waals surface area contributed by atoms with Crippen molar-refractivity contribution >= 4 is 33.0 Å². The van der Waals surface area contributed by atoms with Crippen molar-refractivity contribution in [3.8, 4) is 11.5 Å². The predicted octanol–water partition coefficient (Wildman–Crippen LogP) is 7.43. The molecule has 0 atom stereocenters. The highest BCUT2D eigenvalue weighted by molar-refractivity contribution is 7.97. The minimum atomic E-state index is -4.27. The lowest BCUT2D eigenvalue weighted by Gasteiger charge is -2.19. The van der Waals surface area contributed by atoms with Crippen LogP contribution in [0.2, 0.25) is 0 Å². The summed E-state index contributed by atoms with van der Waals surface area (Å²) >= 11 is 0. The van der Waals surface area contributed by atoms with E-state index in [1.807, 2.05) is 109 Å². The second kappa shape index (κ2) is 16.9. The van der Waals surface area contributed by atoms with Crippen LogP contribution in [0.3, 0.4) is 0 Å². The largest absolute Gasteiger partial charge is 0.744 e.